The van der Waals surface area contributed by atoms with Crippen molar-refractivity contribution in [3.05, 3.63) is 87.0 Å². The van der Waals surface area contributed by atoms with E-state index in [-0.39, 0.29) is 21.4 Å². The smallest absolute Gasteiger partial charge is 0.281 e. The number of halogens is 2. The van der Waals surface area contributed by atoms with Gasteiger partial charge in [0, 0.05) is 40.6 Å². The second kappa shape index (κ2) is 13.6. The van der Waals surface area contributed by atoms with Gasteiger partial charge in [-0.05, 0) is 117 Å². The first kappa shape index (κ1) is 34.3. The Bertz CT molecular complexity index is 1990. The molecule has 0 saturated carbocycles. The van der Waals surface area contributed by atoms with E-state index in [1.54, 1.807) is 29.7 Å². The molecule has 0 aliphatic carbocycles. The molecular formula is C33H37Cl2N3O6S2. The molecule has 13 heteroatoms. The molecular weight excluding hydrogens is 669 g/mol. The Morgan fingerprint density at radius 3 is 2.26 bits per heavy atom. The summed E-state index contributed by atoms with van der Waals surface area (Å²) >= 11 is 12.5. The number of piperidine rings is 1. The molecule has 1 aliphatic heterocycles. The molecule has 2 heterocycles. The molecule has 0 spiro atoms. The minimum atomic E-state index is -4.34. The number of aromatic nitrogens is 1. The standard InChI is InChI=1S/C33H37Cl2N3O6S2/c1-21-7-5-14-37(20-21)46(42,43)28-11-9-27(10-12-28)45(40,41)36-33(39)32-24(4)29-19-25(34)8-13-30(29)38(32)15-6-16-44-26-17-22(2)31(35)23(3)18-26/h8-13,17-19,21H,5-7,14-16,20H2,1-4H3,(H,36,39)/t21-/m1/s1. The van der Waals surface area contributed by atoms with Gasteiger partial charge in [0.05, 0.1) is 16.4 Å². The van der Waals surface area contributed by atoms with Crippen LogP contribution in [0.4, 0.5) is 0 Å². The second-order valence-electron chi connectivity index (χ2n) is 11.9. The maximum absolute atomic E-state index is 13.7. The number of hydrogen-bond donors (Lipinski definition) is 1. The van der Waals surface area contributed by atoms with Crippen LogP contribution in [-0.4, -0.2) is 51.3 Å². The lowest BCUT2D eigenvalue weighted by Crippen LogP contribution is -2.39. The van der Waals surface area contributed by atoms with E-state index in [9.17, 15) is 21.6 Å². The Hall–Kier alpha value is -3.09. The number of benzene rings is 3. The predicted molar refractivity (Wildman–Crippen MR) is 181 cm³/mol. The van der Waals surface area contributed by atoms with E-state index in [0.717, 1.165) is 34.9 Å². The molecule has 1 fully saturated rings. The average Bonchev–Trinajstić information content (AvgIpc) is 3.28. The Morgan fingerprint density at radius 2 is 1.61 bits per heavy atom. The van der Waals surface area contributed by atoms with Crippen molar-refractivity contribution in [2.45, 2.75) is 63.3 Å². The van der Waals surface area contributed by atoms with Crippen molar-refractivity contribution in [3.63, 3.8) is 0 Å². The van der Waals surface area contributed by atoms with E-state index in [2.05, 4.69) is 4.72 Å². The summed E-state index contributed by atoms with van der Waals surface area (Å²) in [4.78, 5) is 13.4. The molecule has 0 unspecified atom stereocenters. The molecule has 46 heavy (non-hydrogen) atoms. The molecule has 1 saturated heterocycles. The fourth-order valence-corrected chi connectivity index (χ4v) is 8.79. The van der Waals surface area contributed by atoms with Crippen LogP contribution in [0, 0.1) is 26.7 Å². The fourth-order valence-electron chi connectivity index (χ4n) is 5.96. The molecule has 246 valence electrons. The summed E-state index contributed by atoms with van der Waals surface area (Å²) in [7, 11) is -8.11. The number of amides is 1. The summed E-state index contributed by atoms with van der Waals surface area (Å²) in [5.41, 5.74) is 3.30. The van der Waals surface area contributed by atoms with E-state index in [1.807, 2.05) is 32.9 Å². The zero-order valence-corrected chi connectivity index (χ0v) is 29.3. The highest BCUT2D eigenvalue weighted by Gasteiger charge is 2.30. The Morgan fingerprint density at radius 1 is 0.957 bits per heavy atom. The van der Waals surface area contributed by atoms with Crippen molar-refractivity contribution in [2.75, 3.05) is 19.7 Å². The molecule has 9 nitrogen and oxygen atoms in total. The Kier molecular flexibility index (Phi) is 10.1. The van der Waals surface area contributed by atoms with Gasteiger partial charge in [-0.3, -0.25) is 4.79 Å². The highest BCUT2D eigenvalue weighted by atomic mass is 35.5. The van der Waals surface area contributed by atoms with Crippen molar-refractivity contribution < 1.29 is 26.4 Å². The van der Waals surface area contributed by atoms with Crippen LogP contribution in [0.15, 0.2) is 64.4 Å². The van der Waals surface area contributed by atoms with Gasteiger partial charge in [0.2, 0.25) is 10.0 Å². The van der Waals surface area contributed by atoms with Crippen LogP contribution in [0.2, 0.25) is 10.0 Å². The first-order valence-corrected chi connectivity index (χ1v) is 18.7. The first-order chi connectivity index (χ1) is 21.7. The molecule has 1 atom stereocenters. The largest absolute Gasteiger partial charge is 0.494 e. The lowest BCUT2D eigenvalue weighted by molar-refractivity contribution is 0.0971. The SMILES string of the molecule is Cc1cc(OCCCn2c(C(=O)NS(=O)(=O)c3ccc(S(=O)(=O)N4CCC[C@@H](C)C4)cc3)c(C)c3cc(Cl)ccc32)cc(C)c1Cl. The fraction of sp³-hybridized carbons (Fsp3) is 0.364. The molecule has 5 rings (SSSR count). The zero-order valence-electron chi connectivity index (χ0n) is 26.1. The third-order valence-corrected chi connectivity index (χ3v) is 12.4. The van der Waals surface area contributed by atoms with E-state index < -0.39 is 26.0 Å². The highest BCUT2D eigenvalue weighted by Crippen LogP contribution is 2.30. The average molecular weight is 707 g/mol. The van der Waals surface area contributed by atoms with Gasteiger partial charge in [-0.1, -0.05) is 30.1 Å². The minimum Gasteiger partial charge on any atom is -0.494 e. The van der Waals surface area contributed by atoms with Crippen molar-refractivity contribution in [1.29, 1.82) is 0 Å². The number of carbonyl (C=O) groups is 1. The number of carbonyl (C=O) groups excluding carboxylic acids is 1. The number of sulfonamides is 2. The number of hydrogen-bond acceptors (Lipinski definition) is 6. The number of fused-ring (bicyclic) bond motifs is 1. The maximum atomic E-state index is 13.7. The van der Waals surface area contributed by atoms with Crippen LogP contribution in [0.5, 0.6) is 5.75 Å². The monoisotopic (exact) mass is 705 g/mol. The van der Waals surface area contributed by atoms with Gasteiger partial charge in [-0.25, -0.2) is 21.6 Å². The summed E-state index contributed by atoms with van der Waals surface area (Å²) in [6.45, 7) is 9.12. The van der Waals surface area contributed by atoms with Crippen molar-refractivity contribution in [2.24, 2.45) is 5.92 Å². The van der Waals surface area contributed by atoms with E-state index in [0.29, 0.717) is 54.0 Å². The number of rotatable bonds is 10. The molecule has 1 aromatic heterocycles. The van der Waals surface area contributed by atoms with Crippen molar-refractivity contribution in [3.8, 4) is 5.75 Å². The van der Waals surface area contributed by atoms with Gasteiger partial charge in [-0.15, -0.1) is 0 Å². The van der Waals surface area contributed by atoms with Gasteiger partial charge in [-0.2, -0.15) is 4.31 Å². The maximum Gasteiger partial charge on any atom is 0.281 e. The molecule has 4 aromatic rings. The minimum absolute atomic E-state index is 0.00543. The molecule has 1 amide bonds. The zero-order chi connectivity index (χ0) is 33.4. The van der Waals surface area contributed by atoms with E-state index in [4.69, 9.17) is 27.9 Å². The number of nitrogens with zero attached hydrogens (tertiary/aromatic N) is 2. The van der Waals surface area contributed by atoms with Crippen molar-refractivity contribution >= 4 is 60.1 Å². The third kappa shape index (κ3) is 7.08. The highest BCUT2D eigenvalue weighted by molar-refractivity contribution is 7.90. The van der Waals surface area contributed by atoms with Gasteiger partial charge >= 0.3 is 0 Å². The van der Waals surface area contributed by atoms with Crippen molar-refractivity contribution in [1.82, 2.24) is 13.6 Å². The normalized spacial score (nSPS) is 16.1. The van der Waals surface area contributed by atoms with E-state index in [1.165, 1.54) is 28.6 Å². The molecule has 3 aromatic carbocycles. The third-order valence-electron chi connectivity index (χ3n) is 8.32. The van der Waals surface area contributed by atoms with Gasteiger partial charge in [0.1, 0.15) is 11.4 Å². The summed E-state index contributed by atoms with van der Waals surface area (Å²) in [5, 5.41) is 1.90. The van der Waals surface area contributed by atoms with Crippen LogP contribution >= 0.6 is 23.2 Å². The molecule has 1 aliphatic rings. The number of aryl methyl sites for hydroxylation is 4. The summed E-state index contributed by atoms with van der Waals surface area (Å²) in [6, 6.07) is 13.9. The summed E-state index contributed by atoms with van der Waals surface area (Å²) in [5.74, 6) is 0.125. The Balaban J connectivity index is 1.36. The number of ether oxygens (including phenoxy) is 1. The van der Waals surface area contributed by atoms with Crippen LogP contribution in [0.1, 0.15) is 53.4 Å². The van der Waals surface area contributed by atoms with Crippen LogP contribution in [-0.2, 0) is 26.6 Å². The first-order valence-electron chi connectivity index (χ1n) is 15.0. The van der Waals surface area contributed by atoms with Crippen LogP contribution in [0.25, 0.3) is 10.9 Å². The van der Waals surface area contributed by atoms with Gasteiger partial charge in [0.15, 0.2) is 0 Å². The molecule has 0 radical (unpaired) electrons. The van der Waals surface area contributed by atoms with E-state index >= 15 is 0 Å². The Labute approximate surface area is 280 Å². The summed E-state index contributed by atoms with van der Waals surface area (Å²) < 4.78 is 64.4. The van der Waals surface area contributed by atoms with Gasteiger partial charge < -0.3 is 9.30 Å². The topological polar surface area (TPSA) is 115 Å². The van der Waals surface area contributed by atoms with Crippen LogP contribution < -0.4 is 9.46 Å². The number of nitrogens with one attached hydrogen (secondary N) is 1. The lowest BCUT2D eigenvalue weighted by atomic mass is 10.0. The second-order valence-corrected chi connectivity index (χ2v) is 16.3. The molecule has 1 N–H and O–H groups in total. The predicted octanol–water partition coefficient (Wildman–Crippen LogP) is 6.88. The summed E-state index contributed by atoms with van der Waals surface area (Å²) in [6.07, 6.45) is 2.26. The lowest BCUT2D eigenvalue weighted by Gasteiger charge is -2.30. The quantitative estimate of drug-likeness (QED) is 0.180. The van der Waals surface area contributed by atoms with Crippen LogP contribution in [0.3, 0.4) is 0 Å². The van der Waals surface area contributed by atoms with Gasteiger partial charge in [0.25, 0.3) is 15.9 Å². The molecule has 0 bridgehead atoms.